The summed E-state index contributed by atoms with van der Waals surface area (Å²) in [5, 5.41) is 0.802. The smallest absolute Gasteiger partial charge is 0.0474 e. The monoisotopic (exact) mass is 270 g/mol. The number of ether oxygens (including phenoxy) is 1. The standard InChI is InChI=1S/C14H23ClN2O/c1-11-5-6-12(9-13(11)15)14(10-16)17(2)7-4-8-18-3/h5-6,9,14H,4,7-8,10,16H2,1-3H3. The van der Waals surface area contributed by atoms with Crippen molar-refractivity contribution < 1.29 is 4.74 Å². The van der Waals surface area contributed by atoms with Crippen LogP contribution in [-0.4, -0.2) is 38.8 Å². The lowest BCUT2D eigenvalue weighted by atomic mass is 10.0. The van der Waals surface area contributed by atoms with Gasteiger partial charge >= 0.3 is 0 Å². The summed E-state index contributed by atoms with van der Waals surface area (Å²) >= 11 is 6.17. The van der Waals surface area contributed by atoms with Gasteiger partial charge in [-0.05, 0) is 37.6 Å². The lowest BCUT2D eigenvalue weighted by Crippen LogP contribution is -2.31. The summed E-state index contributed by atoms with van der Waals surface area (Å²) in [6.07, 6.45) is 1.00. The van der Waals surface area contributed by atoms with Crippen LogP contribution in [0.3, 0.4) is 0 Å². The fourth-order valence-corrected chi connectivity index (χ4v) is 2.19. The lowest BCUT2D eigenvalue weighted by molar-refractivity contribution is 0.166. The number of rotatable bonds is 7. The van der Waals surface area contributed by atoms with E-state index in [0.29, 0.717) is 6.54 Å². The highest BCUT2D eigenvalue weighted by Gasteiger charge is 2.15. The third-order valence-electron chi connectivity index (χ3n) is 3.20. The minimum atomic E-state index is 0.208. The van der Waals surface area contributed by atoms with E-state index in [1.807, 2.05) is 19.1 Å². The van der Waals surface area contributed by atoms with E-state index in [1.165, 1.54) is 5.56 Å². The fraction of sp³-hybridized carbons (Fsp3) is 0.571. The van der Waals surface area contributed by atoms with Gasteiger partial charge in [-0.1, -0.05) is 23.7 Å². The Labute approximate surface area is 115 Å². The molecule has 0 heterocycles. The number of likely N-dealkylation sites (N-methyl/N-ethyl adjacent to an activating group) is 1. The number of hydrogen-bond acceptors (Lipinski definition) is 3. The first-order chi connectivity index (χ1) is 8.60. The molecule has 1 unspecified atom stereocenters. The van der Waals surface area contributed by atoms with Crippen molar-refractivity contribution in [3.05, 3.63) is 34.3 Å². The quantitative estimate of drug-likeness (QED) is 0.774. The van der Waals surface area contributed by atoms with Gasteiger partial charge in [0.25, 0.3) is 0 Å². The number of aryl methyl sites for hydroxylation is 1. The zero-order valence-corrected chi connectivity index (χ0v) is 12.2. The molecule has 0 radical (unpaired) electrons. The minimum Gasteiger partial charge on any atom is -0.385 e. The molecule has 0 aliphatic carbocycles. The maximum absolute atomic E-state index is 6.17. The van der Waals surface area contributed by atoms with E-state index in [9.17, 15) is 0 Å². The Balaban J connectivity index is 2.72. The molecule has 1 atom stereocenters. The molecule has 1 aromatic rings. The number of nitrogens with two attached hydrogens (primary N) is 1. The maximum atomic E-state index is 6.17. The van der Waals surface area contributed by atoms with Gasteiger partial charge in [0.05, 0.1) is 0 Å². The van der Waals surface area contributed by atoms with Crippen molar-refractivity contribution in [2.45, 2.75) is 19.4 Å². The van der Waals surface area contributed by atoms with Crippen molar-refractivity contribution in [1.82, 2.24) is 4.90 Å². The van der Waals surface area contributed by atoms with Crippen molar-refractivity contribution in [1.29, 1.82) is 0 Å². The second-order valence-corrected chi connectivity index (χ2v) is 4.99. The highest BCUT2D eigenvalue weighted by Crippen LogP contribution is 2.24. The van der Waals surface area contributed by atoms with Crippen LogP contribution in [0.15, 0.2) is 18.2 Å². The SMILES string of the molecule is COCCCN(C)C(CN)c1ccc(C)c(Cl)c1. The van der Waals surface area contributed by atoms with E-state index in [-0.39, 0.29) is 6.04 Å². The Morgan fingerprint density at radius 2 is 2.17 bits per heavy atom. The van der Waals surface area contributed by atoms with Crippen LogP contribution >= 0.6 is 11.6 Å². The van der Waals surface area contributed by atoms with Gasteiger partial charge in [-0.2, -0.15) is 0 Å². The molecule has 2 N–H and O–H groups in total. The van der Waals surface area contributed by atoms with Gasteiger partial charge in [0.15, 0.2) is 0 Å². The summed E-state index contributed by atoms with van der Waals surface area (Å²) < 4.78 is 5.07. The van der Waals surface area contributed by atoms with E-state index in [2.05, 4.69) is 18.0 Å². The first kappa shape index (κ1) is 15.4. The fourth-order valence-electron chi connectivity index (χ4n) is 2.00. The minimum absolute atomic E-state index is 0.208. The van der Waals surface area contributed by atoms with Crippen molar-refractivity contribution in [3.8, 4) is 0 Å². The predicted molar refractivity (Wildman–Crippen MR) is 77.1 cm³/mol. The molecular formula is C14H23ClN2O. The Morgan fingerprint density at radius 1 is 1.44 bits per heavy atom. The van der Waals surface area contributed by atoms with Crippen LogP contribution in [0.5, 0.6) is 0 Å². The molecule has 4 heteroatoms. The van der Waals surface area contributed by atoms with Crippen LogP contribution in [0, 0.1) is 6.92 Å². The van der Waals surface area contributed by atoms with Crippen molar-refractivity contribution in [2.24, 2.45) is 5.73 Å². The molecule has 0 amide bonds. The molecule has 0 spiro atoms. The van der Waals surface area contributed by atoms with Crippen LogP contribution in [0.1, 0.15) is 23.6 Å². The van der Waals surface area contributed by atoms with Gasteiger partial charge < -0.3 is 10.5 Å². The van der Waals surface area contributed by atoms with Crippen molar-refractivity contribution >= 4 is 11.6 Å². The summed E-state index contributed by atoms with van der Waals surface area (Å²) in [4.78, 5) is 2.25. The Kier molecular flexibility index (Phi) is 6.65. The topological polar surface area (TPSA) is 38.5 Å². The molecular weight excluding hydrogens is 248 g/mol. The first-order valence-electron chi connectivity index (χ1n) is 6.25. The van der Waals surface area contributed by atoms with Crippen LogP contribution in [0.4, 0.5) is 0 Å². The third-order valence-corrected chi connectivity index (χ3v) is 3.60. The number of methoxy groups -OCH3 is 1. The van der Waals surface area contributed by atoms with Gasteiger partial charge in [-0.15, -0.1) is 0 Å². The van der Waals surface area contributed by atoms with E-state index in [0.717, 1.165) is 30.2 Å². The van der Waals surface area contributed by atoms with Crippen LogP contribution in [-0.2, 0) is 4.74 Å². The Hall–Kier alpha value is -0.610. The summed E-state index contributed by atoms with van der Waals surface area (Å²) in [7, 11) is 3.81. The second kappa shape index (κ2) is 7.74. The molecule has 1 rings (SSSR count). The van der Waals surface area contributed by atoms with Crippen molar-refractivity contribution in [2.75, 3.05) is 33.9 Å². The first-order valence-corrected chi connectivity index (χ1v) is 6.63. The highest BCUT2D eigenvalue weighted by molar-refractivity contribution is 6.31. The molecule has 3 nitrogen and oxygen atoms in total. The average molecular weight is 271 g/mol. The summed E-state index contributed by atoms with van der Waals surface area (Å²) in [6.45, 7) is 4.33. The van der Waals surface area contributed by atoms with Gasteiger partial charge in [0.2, 0.25) is 0 Å². The molecule has 0 aromatic heterocycles. The molecule has 0 aliphatic rings. The lowest BCUT2D eigenvalue weighted by Gasteiger charge is -2.27. The summed E-state index contributed by atoms with van der Waals surface area (Å²) in [5.41, 5.74) is 8.15. The number of nitrogens with zero attached hydrogens (tertiary/aromatic N) is 1. The van der Waals surface area contributed by atoms with Gasteiger partial charge in [0.1, 0.15) is 0 Å². The van der Waals surface area contributed by atoms with E-state index >= 15 is 0 Å². The van der Waals surface area contributed by atoms with Gasteiger partial charge in [-0.3, -0.25) is 4.90 Å². The van der Waals surface area contributed by atoms with Gasteiger partial charge in [-0.25, -0.2) is 0 Å². The number of halogens is 1. The Morgan fingerprint density at radius 3 is 2.72 bits per heavy atom. The van der Waals surface area contributed by atoms with Crippen LogP contribution < -0.4 is 5.73 Å². The van der Waals surface area contributed by atoms with E-state index < -0.39 is 0 Å². The van der Waals surface area contributed by atoms with Gasteiger partial charge in [0, 0.05) is 37.9 Å². The summed E-state index contributed by atoms with van der Waals surface area (Å²) in [5.74, 6) is 0. The normalized spacial score (nSPS) is 13.0. The average Bonchev–Trinajstić information content (AvgIpc) is 2.35. The van der Waals surface area contributed by atoms with E-state index in [1.54, 1.807) is 7.11 Å². The Bertz CT molecular complexity index is 371. The highest BCUT2D eigenvalue weighted by atomic mass is 35.5. The summed E-state index contributed by atoms with van der Waals surface area (Å²) in [6, 6.07) is 6.37. The van der Waals surface area contributed by atoms with Crippen LogP contribution in [0.25, 0.3) is 0 Å². The maximum Gasteiger partial charge on any atom is 0.0474 e. The molecule has 18 heavy (non-hydrogen) atoms. The third kappa shape index (κ3) is 4.25. The molecule has 102 valence electrons. The zero-order chi connectivity index (χ0) is 13.5. The molecule has 0 fully saturated rings. The number of hydrogen-bond donors (Lipinski definition) is 1. The zero-order valence-electron chi connectivity index (χ0n) is 11.4. The molecule has 0 saturated carbocycles. The molecule has 0 saturated heterocycles. The molecule has 0 bridgehead atoms. The molecule has 0 aliphatic heterocycles. The van der Waals surface area contributed by atoms with E-state index in [4.69, 9.17) is 22.1 Å². The molecule has 1 aromatic carbocycles. The predicted octanol–water partition coefficient (Wildman–Crippen LogP) is 2.62. The number of benzene rings is 1. The van der Waals surface area contributed by atoms with Crippen molar-refractivity contribution in [3.63, 3.8) is 0 Å². The largest absolute Gasteiger partial charge is 0.385 e. The van der Waals surface area contributed by atoms with Crippen LogP contribution in [0.2, 0.25) is 5.02 Å². The second-order valence-electron chi connectivity index (χ2n) is 4.59.